The molecule has 0 saturated heterocycles. The number of unbranched alkanes of at least 4 members (excludes halogenated alkanes) is 1. The van der Waals surface area contributed by atoms with E-state index in [-0.39, 0.29) is 0 Å². The van der Waals surface area contributed by atoms with Crippen molar-refractivity contribution >= 4 is 33.2 Å². The Labute approximate surface area is 134 Å². The topological polar surface area (TPSA) is 12.0 Å². The monoisotopic (exact) mass is 351 g/mol. The molecule has 20 heavy (non-hydrogen) atoms. The van der Waals surface area contributed by atoms with E-state index in [1.807, 2.05) is 18.2 Å². The van der Waals surface area contributed by atoms with E-state index in [1.165, 1.54) is 18.4 Å². The molecule has 0 atom stereocenters. The fraction of sp³-hybridized carbons (Fsp3) is 0.294. The van der Waals surface area contributed by atoms with E-state index in [4.69, 9.17) is 11.6 Å². The van der Waals surface area contributed by atoms with E-state index in [2.05, 4.69) is 52.4 Å². The summed E-state index contributed by atoms with van der Waals surface area (Å²) in [5, 5.41) is 4.19. The third kappa shape index (κ3) is 4.53. The zero-order valence-corrected chi connectivity index (χ0v) is 14.0. The summed E-state index contributed by atoms with van der Waals surface area (Å²) in [7, 11) is 0. The third-order valence-electron chi connectivity index (χ3n) is 3.26. The van der Waals surface area contributed by atoms with Crippen LogP contribution in [-0.4, -0.2) is 0 Å². The van der Waals surface area contributed by atoms with Gasteiger partial charge in [0.15, 0.2) is 0 Å². The molecule has 1 nitrogen and oxygen atoms in total. The molecule has 0 unspecified atom stereocenters. The first kappa shape index (κ1) is 15.4. The second kappa shape index (κ2) is 7.70. The van der Waals surface area contributed by atoms with Crippen LogP contribution in [0.5, 0.6) is 0 Å². The number of hydrogen-bond donors (Lipinski definition) is 1. The lowest BCUT2D eigenvalue weighted by molar-refractivity contribution is 0.795. The fourth-order valence-electron chi connectivity index (χ4n) is 2.05. The molecule has 0 heterocycles. The molecule has 0 saturated carbocycles. The summed E-state index contributed by atoms with van der Waals surface area (Å²) in [6.45, 7) is 2.98. The van der Waals surface area contributed by atoms with E-state index in [0.29, 0.717) is 0 Å². The quantitative estimate of drug-likeness (QED) is 0.666. The van der Waals surface area contributed by atoms with Gasteiger partial charge in [0.25, 0.3) is 0 Å². The van der Waals surface area contributed by atoms with Crippen LogP contribution >= 0.6 is 27.5 Å². The van der Waals surface area contributed by atoms with Gasteiger partial charge in [0.05, 0.1) is 0 Å². The van der Waals surface area contributed by atoms with Crippen molar-refractivity contribution in [3.05, 3.63) is 63.1 Å². The van der Waals surface area contributed by atoms with Crippen molar-refractivity contribution < 1.29 is 0 Å². The number of anilines is 1. The number of rotatable bonds is 6. The minimum atomic E-state index is 0.759. The molecule has 0 aromatic heterocycles. The van der Waals surface area contributed by atoms with Crippen molar-refractivity contribution in [1.29, 1.82) is 0 Å². The number of halogens is 2. The maximum atomic E-state index is 6.02. The Morgan fingerprint density at radius 3 is 2.55 bits per heavy atom. The lowest BCUT2D eigenvalue weighted by Gasteiger charge is -2.09. The van der Waals surface area contributed by atoms with Gasteiger partial charge in [0, 0.05) is 21.7 Å². The first-order valence-corrected chi connectivity index (χ1v) is 8.13. The van der Waals surface area contributed by atoms with Gasteiger partial charge in [-0.25, -0.2) is 0 Å². The van der Waals surface area contributed by atoms with E-state index < -0.39 is 0 Å². The Balaban J connectivity index is 1.95. The molecular weight excluding hydrogens is 334 g/mol. The van der Waals surface area contributed by atoms with Gasteiger partial charge in [-0.05, 0) is 54.3 Å². The van der Waals surface area contributed by atoms with Crippen molar-refractivity contribution in [2.45, 2.75) is 32.7 Å². The molecule has 0 aliphatic carbocycles. The Morgan fingerprint density at radius 1 is 1.10 bits per heavy atom. The van der Waals surface area contributed by atoms with Crippen LogP contribution in [0.25, 0.3) is 0 Å². The van der Waals surface area contributed by atoms with Gasteiger partial charge in [0.1, 0.15) is 0 Å². The predicted octanol–water partition coefficient (Wildman–Crippen LogP) is 6.06. The Hall–Kier alpha value is -0.990. The molecule has 2 aromatic rings. The summed E-state index contributed by atoms with van der Waals surface area (Å²) in [4.78, 5) is 0. The number of aryl methyl sites for hydroxylation is 1. The molecule has 106 valence electrons. The van der Waals surface area contributed by atoms with Gasteiger partial charge >= 0.3 is 0 Å². The lowest BCUT2D eigenvalue weighted by atomic mass is 10.1. The molecule has 0 radical (unpaired) electrons. The average Bonchev–Trinajstić information content (AvgIpc) is 2.47. The highest BCUT2D eigenvalue weighted by Gasteiger charge is 2.01. The number of benzene rings is 2. The molecule has 2 rings (SSSR count). The Morgan fingerprint density at radius 2 is 1.85 bits per heavy atom. The Kier molecular flexibility index (Phi) is 5.93. The van der Waals surface area contributed by atoms with Crippen LogP contribution in [0.2, 0.25) is 5.02 Å². The van der Waals surface area contributed by atoms with Gasteiger partial charge in [-0.15, -0.1) is 0 Å². The van der Waals surface area contributed by atoms with E-state index in [0.717, 1.165) is 33.7 Å². The first-order chi connectivity index (χ1) is 9.69. The van der Waals surface area contributed by atoms with E-state index in [9.17, 15) is 0 Å². The first-order valence-electron chi connectivity index (χ1n) is 6.96. The largest absolute Gasteiger partial charge is 0.381 e. The van der Waals surface area contributed by atoms with E-state index >= 15 is 0 Å². The highest BCUT2D eigenvalue weighted by molar-refractivity contribution is 9.10. The van der Waals surface area contributed by atoms with Crippen LogP contribution in [0.3, 0.4) is 0 Å². The third-order valence-corrected chi connectivity index (χ3v) is 4.27. The van der Waals surface area contributed by atoms with Crippen molar-refractivity contribution in [1.82, 2.24) is 0 Å². The molecule has 0 fully saturated rings. The summed E-state index contributed by atoms with van der Waals surface area (Å²) in [6, 6.07) is 14.5. The summed E-state index contributed by atoms with van der Waals surface area (Å²) >= 11 is 9.56. The van der Waals surface area contributed by atoms with Crippen molar-refractivity contribution in [2.24, 2.45) is 0 Å². The Bertz CT molecular complexity index is 551. The zero-order chi connectivity index (χ0) is 14.4. The summed E-state index contributed by atoms with van der Waals surface area (Å²) in [5.74, 6) is 0. The molecule has 2 aromatic carbocycles. The van der Waals surface area contributed by atoms with Crippen LogP contribution in [-0.2, 0) is 13.0 Å². The normalized spacial score (nSPS) is 10.6. The van der Waals surface area contributed by atoms with Crippen molar-refractivity contribution in [3.8, 4) is 0 Å². The second-order valence-corrected chi connectivity index (χ2v) is 6.18. The summed E-state index contributed by atoms with van der Waals surface area (Å²) in [6.07, 6.45) is 3.65. The second-order valence-electron chi connectivity index (χ2n) is 4.89. The van der Waals surface area contributed by atoms with Crippen molar-refractivity contribution in [3.63, 3.8) is 0 Å². The number of hydrogen-bond acceptors (Lipinski definition) is 1. The molecule has 0 aliphatic heterocycles. The number of nitrogens with one attached hydrogen (secondary N) is 1. The van der Waals surface area contributed by atoms with Crippen LogP contribution in [0.4, 0.5) is 5.69 Å². The highest BCUT2D eigenvalue weighted by Crippen LogP contribution is 2.22. The molecule has 0 spiro atoms. The maximum Gasteiger partial charge on any atom is 0.0412 e. The van der Waals surface area contributed by atoms with Gasteiger partial charge in [0.2, 0.25) is 0 Å². The molecule has 0 amide bonds. The molecular formula is C17H19BrClN. The SMILES string of the molecule is CCCCc1ccc(NCc2cc(Cl)ccc2Br)cc1. The molecule has 3 heteroatoms. The van der Waals surface area contributed by atoms with Crippen molar-refractivity contribution in [2.75, 3.05) is 5.32 Å². The molecule has 0 bridgehead atoms. The summed E-state index contributed by atoms with van der Waals surface area (Å²) in [5.41, 5.74) is 3.70. The highest BCUT2D eigenvalue weighted by atomic mass is 79.9. The van der Waals surface area contributed by atoms with Crippen LogP contribution < -0.4 is 5.32 Å². The van der Waals surface area contributed by atoms with Gasteiger partial charge in [-0.2, -0.15) is 0 Å². The maximum absolute atomic E-state index is 6.02. The zero-order valence-electron chi connectivity index (χ0n) is 11.6. The standard InChI is InChI=1S/C17H19BrClN/c1-2-3-4-13-5-8-16(9-6-13)20-12-14-11-15(19)7-10-17(14)18/h5-11,20H,2-4,12H2,1H3. The fourth-order valence-corrected chi connectivity index (χ4v) is 2.63. The van der Waals surface area contributed by atoms with Crippen LogP contribution in [0.15, 0.2) is 46.9 Å². The van der Waals surface area contributed by atoms with Gasteiger partial charge in [-0.1, -0.05) is 53.0 Å². The lowest BCUT2D eigenvalue weighted by Crippen LogP contribution is -2.00. The molecule has 1 N–H and O–H groups in total. The molecule has 0 aliphatic rings. The smallest absolute Gasteiger partial charge is 0.0412 e. The van der Waals surface area contributed by atoms with Crippen LogP contribution in [0.1, 0.15) is 30.9 Å². The van der Waals surface area contributed by atoms with Gasteiger partial charge in [-0.3, -0.25) is 0 Å². The van der Waals surface area contributed by atoms with Gasteiger partial charge < -0.3 is 5.32 Å². The van der Waals surface area contributed by atoms with E-state index in [1.54, 1.807) is 0 Å². The van der Waals surface area contributed by atoms with Crippen LogP contribution in [0, 0.1) is 0 Å². The minimum Gasteiger partial charge on any atom is -0.381 e. The predicted molar refractivity (Wildman–Crippen MR) is 91.5 cm³/mol. The average molecular weight is 353 g/mol. The summed E-state index contributed by atoms with van der Waals surface area (Å²) < 4.78 is 1.08. The minimum absolute atomic E-state index is 0.759.